The van der Waals surface area contributed by atoms with Crippen molar-refractivity contribution in [3.8, 4) is 5.75 Å². The topological polar surface area (TPSA) is 89.1 Å². The number of phenols is 1. The quantitative estimate of drug-likeness (QED) is 0.558. The Kier molecular flexibility index (Phi) is 4.40. The number of hydrogen-bond acceptors (Lipinski definition) is 2. The maximum absolute atomic E-state index is 11.6. The number of carbonyl (C=O) groups is 1. The van der Waals surface area contributed by atoms with Crippen molar-refractivity contribution in [2.24, 2.45) is 0 Å². The van der Waals surface area contributed by atoms with Gasteiger partial charge >= 0.3 is 5.97 Å². The Bertz CT molecular complexity index is 978. The minimum atomic E-state index is -0.961. The van der Waals surface area contributed by atoms with Crippen molar-refractivity contribution >= 4 is 5.97 Å². The first-order chi connectivity index (χ1) is 12.2. The van der Waals surface area contributed by atoms with Crippen LogP contribution in [0.2, 0.25) is 0 Å². The molecule has 0 saturated heterocycles. The molecule has 1 unspecified atom stereocenters. The first-order valence-electron chi connectivity index (χ1n) is 8.59. The number of aromatic hydroxyl groups is 1. The van der Waals surface area contributed by atoms with Gasteiger partial charge < -0.3 is 20.2 Å². The fraction of sp³-hybridized carbons (Fsp3) is 0.286. The molecule has 0 aliphatic rings. The largest absolute Gasteiger partial charge is 0.508 e. The highest BCUT2D eigenvalue weighted by Gasteiger charge is 2.27. The Hall–Kier alpha value is -2.95. The standard InChI is InChI=1S/C21H24N2O3/c1-10-11(2)18(22-14(10)5)17(15-6-8-16(24)9-7-15)19-12(3)13(4)20(23-19)21(25)26/h6-9,17,22-24H,1-5H3,(H,25,26). The van der Waals surface area contributed by atoms with Gasteiger partial charge in [0, 0.05) is 17.1 Å². The van der Waals surface area contributed by atoms with Gasteiger partial charge in [-0.1, -0.05) is 12.1 Å². The lowest BCUT2D eigenvalue weighted by Crippen LogP contribution is -2.08. The average Bonchev–Trinajstić information content (AvgIpc) is 3.03. The van der Waals surface area contributed by atoms with Crippen molar-refractivity contribution in [2.45, 2.75) is 40.5 Å². The number of aromatic nitrogens is 2. The van der Waals surface area contributed by atoms with Crippen LogP contribution in [-0.2, 0) is 0 Å². The Morgan fingerprint density at radius 1 is 0.846 bits per heavy atom. The predicted octanol–water partition coefficient (Wildman–Crippen LogP) is 4.47. The van der Waals surface area contributed by atoms with Gasteiger partial charge in [0.15, 0.2) is 0 Å². The highest BCUT2D eigenvalue weighted by molar-refractivity contribution is 5.88. The summed E-state index contributed by atoms with van der Waals surface area (Å²) >= 11 is 0. The van der Waals surface area contributed by atoms with Gasteiger partial charge in [-0.25, -0.2) is 4.79 Å². The molecule has 5 nitrogen and oxygen atoms in total. The molecule has 2 aromatic heterocycles. The fourth-order valence-electron chi connectivity index (χ4n) is 3.52. The number of aryl methyl sites for hydroxylation is 1. The molecule has 0 fully saturated rings. The van der Waals surface area contributed by atoms with E-state index in [1.54, 1.807) is 12.1 Å². The Labute approximate surface area is 152 Å². The molecule has 136 valence electrons. The summed E-state index contributed by atoms with van der Waals surface area (Å²) in [6.07, 6.45) is 0. The fourth-order valence-corrected chi connectivity index (χ4v) is 3.52. The van der Waals surface area contributed by atoms with Gasteiger partial charge in [0.25, 0.3) is 0 Å². The van der Waals surface area contributed by atoms with Gasteiger partial charge in [-0.2, -0.15) is 0 Å². The van der Waals surface area contributed by atoms with E-state index < -0.39 is 5.97 Å². The number of nitrogens with one attached hydrogen (secondary N) is 2. The molecule has 5 heteroatoms. The number of hydrogen-bond donors (Lipinski definition) is 4. The van der Waals surface area contributed by atoms with Crippen molar-refractivity contribution in [3.05, 3.63) is 74.9 Å². The molecule has 3 rings (SSSR count). The molecule has 1 atom stereocenters. The number of carboxylic acid groups (broad SMARTS) is 1. The first-order valence-corrected chi connectivity index (χ1v) is 8.59. The minimum Gasteiger partial charge on any atom is -0.508 e. The van der Waals surface area contributed by atoms with Crippen LogP contribution in [0, 0.1) is 34.6 Å². The Morgan fingerprint density at radius 3 is 1.85 bits per heavy atom. The van der Waals surface area contributed by atoms with Crippen molar-refractivity contribution in [2.75, 3.05) is 0 Å². The van der Waals surface area contributed by atoms with Crippen LogP contribution < -0.4 is 0 Å². The van der Waals surface area contributed by atoms with E-state index >= 15 is 0 Å². The number of aromatic amines is 2. The molecule has 0 aliphatic carbocycles. The molecule has 26 heavy (non-hydrogen) atoms. The number of aromatic carboxylic acids is 1. The molecule has 0 amide bonds. The number of rotatable bonds is 4. The summed E-state index contributed by atoms with van der Waals surface area (Å²) < 4.78 is 0. The van der Waals surface area contributed by atoms with Gasteiger partial charge in [-0.15, -0.1) is 0 Å². The van der Waals surface area contributed by atoms with E-state index in [1.807, 2.05) is 32.9 Å². The normalized spacial score (nSPS) is 12.3. The molecular formula is C21H24N2O3. The molecule has 0 radical (unpaired) electrons. The van der Waals surface area contributed by atoms with Crippen LogP contribution in [0.15, 0.2) is 24.3 Å². The van der Waals surface area contributed by atoms with E-state index in [2.05, 4.69) is 23.8 Å². The predicted molar refractivity (Wildman–Crippen MR) is 101 cm³/mol. The molecule has 0 spiro atoms. The molecule has 0 aliphatic heterocycles. The molecular weight excluding hydrogens is 328 g/mol. The summed E-state index contributed by atoms with van der Waals surface area (Å²) in [5.74, 6) is -0.930. The molecule has 0 saturated carbocycles. The van der Waals surface area contributed by atoms with Crippen molar-refractivity contribution < 1.29 is 15.0 Å². The van der Waals surface area contributed by atoms with E-state index in [0.717, 1.165) is 39.3 Å². The molecule has 4 N–H and O–H groups in total. The van der Waals surface area contributed by atoms with E-state index in [1.165, 1.54) is 5.56 Å². The first kappa shape index (κ1) is 17.9. The summed E-state index contributed by atoms with van der Waals surface area (Å²) in [7, 11) is 0. The van der Waals surface area contributed by atoms with Gasteiger partial charge in [-0.3, -0.25) is 0 Å². The maximum Gasteiger partial charge on any atom is 0.352 e. The zero-order chi connectivity index (χ0) is 19.2. The highest BCUT2D eigenvalue weighted by Crippen LogP contribution is 2.38. The zero-order valence-corrected chi connectivity index (χ0v) is 15.7. The van der Waals surface area contributed by atoms with E-state index in [0.29, 0.717) is 0 Å². The van der Waals surface area contributed by atoms with E-state index in [4.69, 9.17) is 0 Å². The van der Waals surface area contributed by atoms with Crippen molar-refractivity contribution in [1.29, 1.82) is 0 Å². The van der Waals surface area contributed by atoms with Crippen LogP contribution in [0.5, 0.6) is 5.75 Å². The third-order valence-corrected chi connectivity index (χ3v) is 5.47. The molecule has 3 aromatic rings. The van der Waals surface area contributed by atoms with Crippen LogP contribution in [0.1, 0.15) is 61.3 Å². The van der Waals surface area contributed by atoms with Crippen LogP contribution in [0.3, 0.4) is 0 Å². The number of phenolic OH excluding ortho intramolecular Hbond substituents is 1. The summed E-state index contributed by atoms with van der Waals surface area (Å²) in [6.45, 7) is 9.96. The summed E-state index contributed by atoms with van der Waals surface area (Å²) in [5.41, 5.74) is 8.22. The highest BCUT2D eigenvalue weighted by atomic mass is 16.4. The minimum absolute atomic E-state index is 0.171. The van der Waals surface area contributed by atoms with E-state index in [9.17, 15) is 15.0 Å². The monoisotopic (exact) mass is 352 g/mol. The van der Waals surface area contributed by atoms with Crippen LogP contribution in [0.4, 0.5) is 0 Å². The third kappa shape index (κ3) is 2.79. The van der Waals surface area contributed by atoms with Gasteiger partial charge in [-0.05, 0) is 74.6 Å². The second-order valence-corrected chi connectivity index (χ2v) is 6.91. The Balaban J connectivity index is 2.28. The lowest BCUT2D eigenvalue weighted by Gasteiger charge is -2.19. The number of benzene rings is 1. The van der Waals surface area contributed by atoms with Gasteiger partial charge in [0.2, 0.25) is 0 Å². The third-order valence-electron chi connectivity index (χ3n) is 5.47. The smallest absolute Gasteiger partial charge is 0.352 e. The Morgan fingerprint density at radius 2 is 1.38 bits per heavy atom. The van der Waals surface area contributed by atoms with Crippen LogP contribution >= 0.6 is 0 Å². The molecule has 2 heterocycles. The second-order valence-electron chi connectivity index (χ2n) is 6.91. The maximum atomic E-state index is 11.6. The van der Waals surface area contributed by atoms with Gasteiger partial charge in [0.05, 0.1) is 5.92 Å². The lowest BCUT2D eigenvalue weighted by molar-refractivity contribution is 0.0690. The van der Waals surface area contributed by atoms with Crippen molar-refractivity contribution in [3.63, 3.8) is 0 Å². The molecule has 0 bridgehead atoms. The summed E-state index contributed by atoms with van der Waals surface area (Å²) in [5, 5.41) is 19.2. The summed E-state index contributed by atoms with van der Waals surface area (Å²) in [6, 6.07) is 7.06. The van der Waals surface area contributed by atoms with Crippen LogP contribution in [-0.4, -0.2) is 26.2 Å². The number of carboxylic acids is 1. The lowest BCUT2D eigenvalue weighted by atomic mass is 9.88. The average molecular weight is 352 g/mol. The second kappa shape index (κ2) is 6.41. The summed E-state index contributed by atoms with van der Waals surface area (Å²) in [4.78, 5) is 18.2. The number of H-pyrrole nitrogens is 2. The van der Waals surface area contributed by atoms with Gasteiger partial charge in [0.1, 0.15) is 11.4 Å². The SMILES string of the molecule is Cc1[nH]c(C(c2ccc(O)cc2)c2[nH]c(C(=O)O)c(C)c2C)c(C)c1C. The zero-order valence-electron chi connectivity index (χ0n) is 15.7. The molecule has 1 aromatic carbocycles. The van der Waals surface area contributed by atoms with Crippen molar-refractivity contribution in [1.82, 2.24) is 9.97 Å². The van der Waals surface area contributed by atoms with E-state index in [-0.39, 0.29) is 17.4 Å². The van der Waals surface area contributed by atoms with Crippen LogP contribution in [0.25, 0.3) is 0 Å².